The molecule has 0 aliphatic carbocycles. The summed E-state index contributed by atoms with van der Waals surface area (Å²) < 4.78 is 10.5. The monoisotopic (exact) mass is 484 g/mol. The third kappa shape index (κ3) is 21.4. The van der Waals surface area contributed by atoms with Crippen molar-refractivity contribution in [2.24, 2.45) is 0 Å². The fraction of sp³-hybridized carbons (Fsp3) is 0.931. The molecule has 0 bridgehead atoms. The largest absolute Gasteiger partial charge is 0.469 e. The number of esters is 2. The van der Waals surface area contributed by atoms with Gasteiger partial charge in [-0.1, -0.05) is 110 Å². The summed E-state index contributed by atoms with van der Waals surface area (Å²) in [6.45, 7) is 4.44. The molecule has 0 aromatic rings. The third-order valence-electron chi connectivity index (χ3n) is 6.65. The first-order chi connectivity index (χ1) is 16.5. The van der Waals surface area contributed by atoms with Gasteiger partial charge in [-0.2, -0.15) is 0 Å². The van der Waals surface area contributed by atoms with Crippen molar-refractivity contribution >= 4 is 11.9 Å². The first-order valence-electron chi connectivity index (χ1n) is 14.5. The lowest BCUT2D eigenvalue weighted by molar-refractivity contribution is -0.156. The van der Waals surface area contributed by atoms with Gasteiger partial charge in [0.15, 0.2) is 0 Å². The fourth-order valence-electron chi connectivity index (χ4n) is 4.35. The summed E-state index contributed by atoms with van der Waals surface area (Å²) in [6.07, 6.45) is 21.6. The van der Waals surface area contributed by atoms with Crippen LogP contribution in [-0.4, -0.2) is 36.4 Å². The van der Waals surface area contributed by atoms with Crippen molar-refractivity contribution in [2.45, 2.75) is 167 Å². The molecule has 34 heavy (non-hydrogen) atoms. The van der Waals surface area contributed by atoms with Gasteiger partial charge in [0, 0.05) is 12.8 Å². The van der Waals surface area contributed by atoms with Crippen molar-refractivity contribution in [3.05, 3.63) is 0 Å². The number of hydrogen-bond donors (Lipinski definition) is 1. The Kier molecular flexibility index (Phi) is 24.2. The predicted octanol–water partition coefficient (Wildman–Crippen LogP) is 8.05. The second-order valence-electron chi connectivity index (χ2n) is 9.91. The van der Waals surface area contributed by atoms with Gasteiger partial charge in [-0.3, -0.25) is 9.59 Å². The topological polar surface area (TPSA) is 72.8 Å². The second-order valence-corrected chi connectivity index (χ2v) is 9.91. The van der Waals surface area contributed by atoms with Crippen molar-refractivity contribution in [3.63, 3.8) is 0 Å². The molecule has 0 fully saturated rings. The molecule has 5 heteroatoms. The molecule has 0 aromatic carbocycles. The van der Waals surface area contributed by atoms with E-state index in [1.807, 2.05) is 0 Å². The Hall–Kier alpha value is -1.10. The number of aliphatic hydroxyl groups is 1. The van der Waals surface area contributed by atoms with E-state index in [9.17, 15) is 14.7 Å². The van der Waals surface area contributed by atoms with Crippen LogP contribution in [0.15, 0.2) is 0 Å². The van der Waals surface area contributed by atoms with Gasteiger partial charge in [0.05, 0.1) is 13.2 Å². The highest BCUT2D eigenvalue weighted by Crippen LogP contribution is 2.19. The number of carbonyl (C=O) groups is 2. The number of methoxy groups -OCH3 is 1. The molecule has 0 heterocycles. The smallest absolute Gasteiger partial charge is 0.306 e. The lowest BCUT2D eigenvalue weighted by atomic mass is 9.99. The maximum absolute atomic E-state index is 12.4. The van der Waals surface area contributed by atoms with Gasteiger partial charge in [-0.25, -0.2) is 0 Å². The maximum Gasteiger partial charge on any atom is 0.306 e. The molecule has 0 rings (SSSR count). The quantitative estimate of drug-likeness (QED) is 0.105. The maximum atomic E-state index is 12.4. The van der Waals surface area contributed by atoms with Crippen molar-refractivity contribution < 1.29 is 24.2 Å². The van der Waals surface area contributed by atoms with Gasteiger partial charge in [0.25, 0.3) is 0 Å². The average Bonchev–Trinajstić information content (AvgIpc) is 2.83. The van der Waals surface area contributed by atoms with E-state index in [0.29, 0.717) is 19.3 Å². The van der Waals surface area contributed by atoms with Crippen molar-refractivity contribution in [1.82, 2.24) is 0 Å². The Balaban J connectivity index is 4.26. The molecule has 0 amide bonds. The first-order valence-corrected chi connectivity index (χ1v) is 14.5. The van der Waals surface area contributed by atoms with E-state index in [2.05, 4.69) is 18.6 Å². The highest BCUT2D eigenvalue weighted by atomic mass is 16.6. The summed E-state index contributed by atoms with van der Waals surface area (Å²) in [4.78, 5) is 23.6. The normalized spacial score (nSPS) is 12.9. The molecule has 1 N–H and O–H groups in total. The Labute approximate surface area is 210 Å². The van der Waals surface area contributed by atoms with Gasteiger partial charge in [-0.15, -0.1) is 0 Å². The molecule has 5 nitrogen and oxygen atoms in total. The standard InChI is InChI=1S/C29H56O5/c1-4-6-8-10-12-16-21-25-29(32)34-27(26(30)22-18-14-11-9-7-5-2)23-19-15-13-17-20-24-28(31)33-3/h26-27,30H,4-25H2,1-3H3. The predicted molar refractivity (Wildman–Crippen MR) is 141 cm³/mol. The average molecular weight is 485 g/mol. The fourth-order valence-corrected chi connectivity index (χ4v) is 4.35. The molecule has 0 spiro atoms. The van der Waals surface area contributed by atoms with Gasteiger partial charge >= 0.3 is 11.9 Å². The van der Waals surface area contributed by atoms with E-state index < -0.39 is 6.10 Å². The summed E-state index contributed by atoms with van der Waals surface area (Å²) >= 11 is 0. The van der Waals surface area contributed by atoms with Crippen LogP contribution in [0.2, 0.25) is 0 Å². The summed E-state index contributed by atoms with van der Waals surface area (Å²) in [5.74, 6) is -0.301. The first kappa shape index (κ1) is 32.9. The molecule has 0 aliphatic heterocycles. The number of rotatable bonds is 25. The number of unbranched alkanes of at least 4 members (excludes halogenated alkanes) is 15. The summed E-state index contributed by atoms with van der Waals surface area (Å²) in [7, 11) is 1.42. The summed E-state index contributed by atoms with van der Waals surface area (Å²) in [5.41, 5.74) is 0. The van der Waals surface area contributed by atoms with Crippen LogP contribution < -0.4 is 0 Å². The minimum atomic E-state index is -0.566. The molecule has 0 saturated carbocycles. The second kappa shape index (κ2) is 25.0. The molecule has 0 saturated heterocycles. The van der Waals surface area contributed by atoms with Gasteiger partial charge in [-0.05, 0) is 32.1 Å². The zero-order valence-electron chi connectivity index (χ0n) is 22.8. The molecule has 2 atom stereocenters. The van der Waals surface area contributed by atoms with E-state index in [1.54, 1.807) is 0 Å². The van der Waals surface area contributed by atoms with E-state index in [1.165, 1.54) is 64.9 Å². The van der Waals surface area contributed by atoms with E-state index >= 15 is 0 Å². The van der Waals surface area contributed by atoms with E-state index in [-0.39, 0.29) is 18.0 Å². The highest BCUT2D eigenvalue weighted by molar-refractivity contribution is 5.69. The lowest BCUT2D eigenvalue weighted by Crippen LogP contribution is -2.31. The number of hydrogen-bond acceptors (Lipinski definition) is 5. The molecule has 0 aliphatic rings. The van der Waals surface area contributed by atoms with Gasteiger partial charge < -0.3 is 14.6 Å². The lowest BCUT2D eigenvalue weighted by Gasteiger charge is -2.23. The minimum absolute atomic E-state index is 0.147. The Morgan fingerprint density at radius 3 is 1.50 bits per heavy atom. The molecule has 2 unspecified atom stereocenters. The van der Waals surface area contributed by atoms with Crippen LogP contribution in [0.3, 0.4) is 0 Å². The number of ether oxygens (including phenoxy) is 2. The number of carbonyl (C=O) groups excluding carboxylic acids is 2. The Morgan fingerprint density at radius 1 is 0.588 bits per heavy atom. The number of aliphatic hydroxyl groups excluding tert-OH is 1. The highest BCUT2D eigenvalue weighted by Gasteiger charge is 2.22. The van der Waals surface area contributed by atoms with Crippen LogP contribution in [0.1, 0.15) is 155 Å². The third-order valence-corrected chi connectivity index (χ3v) is 6.65. The minimum Gasteiger partial charge on any atom is -0.469 e. The summed E-state index contributed by atoms with van der Waals surface area (Å²) in [6, 6.07) is 0. The van der Waals surface area contributed by atoms with Crippen molar-refractivity contribution in [3.8, 4) is 0 Å². The van der Waals surface area contributed by atoms with Crippen LogP contribution in [0.4, 0.5) is 0 Å². The molecule has 202 valence electrons. The van der Waals surface area contributed by atoms with Crippen LogP contribution in [-0.2, 0) is 19.1 Å². The zero-order chi connectivity index (χ0) is 25.3. The summed E-state index contributed by atoms with van der Waals surface area (Å²) in [5, 5.41) is 10.8. The van der Waals surface area contributed by atoms with E-state index in [0.717, 1.165) is 64.2 Å². The van der Waals surface area contributed by atoms with Crippen molar-refractivity contribution in [2.75, 3.05) is 7.11 Å². The Bertz CT molecular complexity index is 465. The van der Waals surface area contributed by atoms with Crippen LogP contribution in [0, 0.1) is 0 Å². The van der Waals surface area contributed by atoms with Gasteiger partial charge in [0.1, 0.15) is 6.10 Å². The Morgan fingerprint density at radius 2 is 1.00 bits per heavy atom. The van der Waals surface area contributed by atoms with Crippen LogP contribution in [0.25, 0.3) is 0 Å². The molecule has 0 radical (unpaired) electrons. The SMILES string of the molecule is CCCCCCCCCC(=O)OC(CCCCCCCC(=O)OC)C(O)CCCCCCCC. The molecule has 0 aromatic heterocycles. The zero-order valence-corrected chi connectivity index (χ0v) is 22.8. The van der Waals surface area contributed by atoms with E-state index in [4.69, 9.17) is 4.74 Å². The van der Waals surface area contributed by atoms with Gasteiger partial charge in [0.2, 0.25) is 0 Å². The molecular formula is C29H56O5. The van der Waals surface area contributed by atoms with Crippen molar-refractivity contribution in [1.29, 1.82) is 0 Å². The van der Waals surface area contributed by atoms with Crippen LogP contribution in [0.5, 0.6) is 0 Å². The molecular weight excluding hydrogens is 428 g/mol. The van der Waals surface area contributed by atoms with Crippen LogP contribution >= 0.6 is 0 Å².